The molecule has 34 heavy (non-hydrogen) atoms. The third-order valence-corrected chi connectivity index (χ3v) is 6.31. The number of halogens is 1. The molecule has 0 spiro atoms. The highest BCUT2D eigenvalue weighted by molar-refractivity contribution is 7.22. The van der Waals surface area contributed by atoms with Gasteiger partial charge in [0.2, 0.25) is 0 Å². The molecule has 0 aliphatic heterocycles. The Morgan fingerprint density at radius 1 is 1.12 bits per heavy atom. The third-order valence-electron chi connectivity index (χ3n) is 5.14. The van der Waals surface area contributed by atoms with Gasteiger partial charge in [-0.2, -0.15) is 0 Å². The Kier molecular flexibility index (Phi) is 5.60. The minimum absolute atomic E-state index is 0.239. The van der Waals surface area contributed by atoms with E-state index in [9.17, 15) is 9.59 Å². The van der Waals surface area contributed by atoms with Crippen molar-refractivity contribution in [1.82, 2.24) is 24.9 Å². The van der Waals surface area contributed by atoms with Crippen molar-refractivity contribution in [3.63, 3.8) is 0 Å². The second kappa shape index (κ2) is 8.73. The molecular weight excluding hydrogens is 476 g/mol. The molecule has 0 saturated carbocycles. The Bertz CT molecular complexity index is 1550. The van der Waals surface area contributed by atoms with Crippen molar-refractivity contribution in [2.45, 2.75) is 13.0 Å². The molecule has 170 valence electrons. The fourth-order valence-electron chi connectivity index (χ4n) is 3.40. The fourth-order valence-corrected chi connectivity index (χ4v) is 4.57. The second-order valence-electron chi connectivity index (χ2n) is 7.51. The molecule has 11 heteroatoms. The quantitative estimate of drug-likeness (QED) is 0.316. The number of carbonyl (C=O) groups excluding carboxylic acids is 1. The molecule has 0 fully saturated rings. The number of pyridine rings is 1. The highest BCUT2D eigenvalue weighted by atomic mass is 35.5. The van der Waals surface area contributed by atoms with Gasteiger partial charge in [-0.1, -0.05) is 22.9 Å². The second-order valence-corrected chi connectivity index (χ2v) is 8.97. The van der Waals surface area contributed by atoms with Gasteiger partial charge in [0.1, 0.15) is 6.04 Å². The lowest BCUT2D eigenvalue weighted by molar-refractivity contribution is -0.138. The summed E-state index contributed by atoms with van der Waals surface area (Å²) in [6, 6.07) is 15.4. The van der Waals surface area contributed by atoms with Crippen molar-refractivity contribution >= 4 is 61.5 Å². The van der Waals surface area contributed by atoms with E-state index < -0.39 is 17.9 Å². The van der Waals surface area contributed by atoms with Crippen LogP contribution in [0.2, 0.25) is 5.02 Å². The number of aliphatic carboxylic acids is 1. The number of nitrogens with zero attached hydrogens (tertiary/aromatic N) is 4. The van der Waals surface area contributed by atoms with Crippen LogP contribution in [-0.4, -0.2) is 42.6 Å². The average molecular weight is 493 g/mol. The molecule has 5 aromatic rings. The molecule has 9 nitrogen and oxygen atoms in total. The molecule has 0 radical (unpaired) electrons. The van der Waals surface area contributed by atoms with Gasteiger partial charge in [-0.05, 0) is 61.5 Å². The minimum atomic E-state index is -1.12. The van der Waals surface area contributed by atoms with Gasteiger partial charge in [-0.25, -0.2) is 4.98 Å². The van der Waals surface area contributed by atoms with E-state index in [1.165, 1.54) is 18.3 Å². The number of hydrogen-bond donors (Lipinski definition) is 3. The molecule has 0 unspecified atom stereocenters. The van der Waals surface area contributed by atoms with Crippen molar-refractivity contribution in [3.8, 4) is 11.4 Å². The number of nitrogens with one attached hydrogen (secondary N) is 2. The van der Waals surface area contributed by atoms with E-state index in [1.54, 1.807) is 22.7 Å². The van der Waals surface area contributed by atoms with Crippen molar-refractivity contribution in [2.24, 2.45) is 0 Å². The molecule has 0 bridgehead atoms. The minimum Gasteiger partial charge on any atom is -0.480 e. The molecule has 0 aliphatic carbocycles. The van der Waals surface area contributed by atoms with Crippen molar-refractivity contribution < 1.29 is 14.7 Å². The number of aromatic nitrogens is 4. The van der Waals surface area contributed by atoms with E-state index in [2.05, 4.69) is 25.8 Å². The Balaban J connectivity index is 1.39. The maximum absolute atomic E-state index is 12.5. The number of rotatable bonds is 6. The largest absolute Gasteiger partial charge is 0.480 e. The van der Waals surface area contributed by atoms with Gasteiger partial charge in [-0.3, -0.25) is 14.0 Å². The number of hydrogen-bond acceptors (Lipinski definition) is 7. The van der Waals surface area contributed by atoms with Crippen molar-refractivity contribution in [3.05, 3.63) is 71.4 Å². The lowest BCUT2D eigenvalue weighted by Crippen LogP contribution is -2.38. The zero-order chi connectivity index (χ0) is 23.8. The van der Waals surface area contributed by atoms with Crippen LogP contribution in [0.4, 0.5) is 10.8 Å². The summed E-state index contributed by atoms with van der Waals surface area (Å²) in [7, 11) is 0. The van der Waals surface area contributed by atoms with Crippen LogP contribution in [0.5, 0.6) is 0 Å². The maximum atomic E-state index is 12.5. The van der Waals surface area contributed by atoms with Gasteiger partial charge in [0.05, 0.1) is 15.8 Å². The number of carbonyl (C=O) groups is 2. The van der Waals surface area contributed by atoms with Crippen LogP contribution in [0.15, 0.2) is 60.8 Å². The smallest absolute Gasteiger partial charge is 0.325 e. The van der Waals surface area contributed by atoms with Gasteiger partial charge in [0.25, 0.3) is 5.91 Å². The highest BCUT2D eigenvalue weighted by Gasteiger charge is 2.20. The van der Waals surface area contributed by atoms with Gasteiger partial charge in [0.15, 0.2) is 16.6 Å². The summed E-state index contributed by atoms with van der Waals surface area (Å²) in [5.74, 6) is -1.10. The number of anilines is 2. The highest BCUT2D eigenvalue weighted by Crippen LogP contribution is 2.31. The number of fused-ring (bicyclic) bond motifs is 2. The van der Waals surface area contributed by atoms with Gasteiger partial charge < -0.3 is 15.7 Å². The predicted molar refractivity (Wildman–Crippen MR) is 131 cm³/mol. The van der Waals surface area contributed by atoms with Crippen LogP contribution >= 0.6 is 22.9 Å². The standard InChI is InChI=1S/C23H17ClN6O3S/c1-12(22(32)33)25-21(31)16-3-2-10-30-19(28-29-20(16)30)13-4-7-15(8-5-13)26-23-27-17-9-6-14(24)11-18(17)34-23/h2-12H,1H3,(H,25,31)(H,26,27)(H,32,33)/t12-/m0/s1. The molecule has 3 N–H and O–H groups in total. The Labute approximate surface area is 202 Å². The van der Waals surface area contributed by atoms with Crippen LogP contribution in [0.3, 0.4) is 0 Å². The van der Waals surface area contributed by atoms with Crippen LogP contribution in [-0.2, 0) is 4.79 Å². The van der Waals surface area contributed by atoms with E-state index >= 15 is 0 Å². The first-order valence-corrected chi connectivity index (χ1v) is 11.4. The van der Waals surface area contributed by atoms with Crippen molar-refractivity contribution in [1.29, 1.82) is 0 Å². The monoisotopic (exact) mass is 492 g/mol. The number of amides is 1. The van der Waals surface area contributed by atoms with E-state index in [-0.39, 0.29) is 5.56 Å². The molecule has 5 rings (SSSR count). The van der Waals surface area contributed by atoms with Crippen LogP contribution in [0.25, 0.3) is 27.3 Å². The number of carboxylic acid groups (broad SMARTS) is 1. The van der Waals surface area contributed by atoms with Gasteiger partial charge >= 0.3 is 5.97 Å². The Morgan fingerprint density at radius 3 is 2.68 bits per heavy atom. The molecule has 3 heterocycles. The summed E-state index contributed by atoms with van der Waals surface area (Å²) in [5.41, 5.74) is 3.10. The fraction of sp³-hybridized carbons (Fsp3) is 0.0870. The summed E-state index contributed by atoms with van der Waals surface area (Å²) in [4.78, 5) is 28.2. The topological polar surface area (TPSA) is 122 Å². The number of benzene rings is 2. The van der Waals surface area contributed by atoms with Crippen molar-refractivity contribution in [2.75, 3.05) is 5.32 Å². The molecule has 2 aromatic carbocycles. The zero-order valence-corrected chi connectivity index (χ0v) is 19.3. The Hall–Kier alpha value is -4.02. The van der Waals surface area contributed by atoms with E-state index in [4.69, 9.17) is 16.7 Å². The summed E-state index contributed by atoms with van der Waals surface area (Å²) in [5, 5.41) is 24.6. The third kappa shape index (κ3) is 4.16. The first-order valence-electron chi connectivity index (χ1n) is 10.2. The maximum Gasteiger partial charge on any atom is 0.325 e. The Morgan fingerprint density at radius 2 is 1.91 bits per heavy atom. The van der Waals surface area contributed by atoms with Gasteiger partial charge in [-0.15, -0.1) is 10.2 Å². The van der Waals surface area contributed by atoms with Gasteiger partial charge in [0, 0.05) is 22.5 Å². The van der Waals surface area contributed by atoms with E-state index in [1.807, 2.05) is 42.5 Å². The number of thiazole rings is 1. The average Bonchev–Trinajstić information content (AvgIpc) is 3.42. The van der Waals surface area contributed by atoms with Crippen LogP contribution in [0, 0.1) is 0 Å². The molecule has 0 aliphatic rings. The molecule has 3 aromatic heterocycles. The normalized spacial score (nSPS) is 12.1. The molecule has 1 atom stereocenters. The lowest BCUT2D eigenvalue weighted by atomic mass is 10.2. The summed E-state index contributed by atoms with van der Waals surface area (Å²) >= 11 is 7.57. The molecule has 1 amide bonds. The van der Waals surface area contributed by atoms with Crippen LogP contribution < -0.4 is 10.6 Å². The lowest BCUT2D eigenvalue weighted by Gasteiger charge is -2.10. The van der Waals surface area contributed by atoms with E-state index in [0.29, 0.717) is 16.5 Å². The first-order chi connectivity index (χ1) is 16.4. The molecular formula is C23H17ClN6O3S. The van der Waals surface area contributed by atoms with Crippen LogP contribution in [0.1, 0.15) is 17.3 Å². The predicted octanol–water partition coefficient (Wildman–Crippen LogP) is 4.61. The first kappa shape index (κ1) is 21.8. The zero-order valence-electron chi connectivity index (χ0n) is 17.7. The SMILES string of the molecule is C[C@H](NC(=O)c1cccn2c(-c3ccc(Nc4nc5ccc(Cl)cc5s4)cc3)nnc12)C(=O)O. The summed E-state index contributed by atoms with van der Waals surface area (Å²) < 4.78 is 2.69. The van der Waals surface area contributed by atoms with E-state index in [0.717, 1.165) is 26.6 Å². The number of carboxylic acids is 1. The molecule has 0 saturated heterocycles. The summed E-state index contributed by atoms with van der Waals surface area (Å²) in [6.07, 6.45) is 1.75. The summed E-state index contributed by atoms with van der Waals surface area (Å²) in [6.45, 7) is 1.40.